The minimum Gasteiger partial charge on any atom is -0.508 e. The lowest BCUT2D eigenvalue weighted by Gasteiger charge is -2.33. The number of phenolic OH excluding ortho intramolecular Hbond substituents is 1. The van der Waals surface area contributed by atoms with Crippen LogP contribution in [0, 0.1) is 16.2 Å². The highest BCUT2D eigenvalue weighted by atomic mass is 79.9. The number of alkyl halides is 1. The van der Waals surface area contributed by atoms with Gasteiger partial charge in [0.1, 0.15) is 98.2 Å². The molecular weight excluding hydrogens is 2100 g/mol. The summed E-state index contributed by atoms with van der Waals surface area (Å²) >= 11 is 19.2. The fourth-order valence-corrected chi connectivity index (χ4v) is 18.1. The van der Waals surface area contributed by atoms with Gasteiger partial charge in [0, 0.05) is 73.8 Å². The van der Waals surface area contributed by atoms with Crippen molar-refractivity contribution in [2.45, 2.75) is 208 Å². The molecule has 0 spiro atoms. The van der Waals surface area contributed by atoms with Gasteiger partial charge in [-0.15, -0.1) is 11.6 Å². The summed E-state index contributed by atoms with van der Waals surface area (Å²) in [5.41, 5.74) is 1.85. The zero-order chi connectivity index (χ0) is 103. The van der Waals surface area contributed by atoms with Gasteiger partial charge in [-0.05, 0) is 233 Å². The van der Waals surface area contributed by atoms with Crippen LogP contribution in [-0.2, 0) is 32.8 Å². The average molecular weight is 2250 g/mol. The van der Waals surface area contributed by atoms with Gasteiger partial charge in [-0.3, -0.25) is 0 Å². The van der Waals surface area contributed by atoms with Crippen LogP contribution in [0.25, 0.3) is 75.4 Å². The minimum atomic E-state index is -0.711. The number of rotatable bonds is 47. The van der Waals surface area contributed by atoms with E-state index in [1.54, 1.807) is 26.0 Å². The molecular formula is C121H147B2Br4ClO17. The first-order valence-corrected chi connectivity index (χ1v) is 55.5. The number of hydrogen-bond donors (Lipinski definition) is 4. The maximum atomic E-state index is 10.2. The summed E-state index contributed by atoms with van der Waals surface area (Å²) in [7, 11) is -0.657. The van der Waals surface area contributed by atoms with Crippen molar-refractivity contribution in [3.63, 3.8) is 0 Å². The Morgan fingerprint density at radius 1 is 0.338 bits per heavy atom. The number of unbranched alkanes of at least 4 members (excludes halogenated alkanes) is 18. The van der Waals surface area contributed by atoms with Gasteiger partial charge in [-0.2, -0.15) is 0 Å². The number of halogens is 5. The number of hydrogen-bond acceptors (Lipinski definition) is 17. The molecule has 4 N–H and O–H groups in total. The molecule has 3 heterocycles. The second-order valence-electron chi connectivity index (χ2n) is 40.4. The molecule has 0 saturated carbocycles. The van der Waals surface area contributed by atoms with E-state index >= 15 is 0 Å². The molecule has 2 unspecified atom stereocenters. The second-order valence-corrected chi connectivity index (χ2v) is 44.3. The molecule has 3 aliphatic rings. The Morgan fingerprint density at radius 2 is 0.593 bits per heavy atom. The number of aliphatic hydroxyl groups is 3. The number of ether oxygens (including phenoxy) is 9. The average Bonchev–Trinajstić information content (AvgIpc) is 1.62. The first-order chi connectivity index (χ1) is 70.2. The molecule has 0 aromatic heterocycles. The van der Waals surface area contributed by atoms with Crippen molar-refractivity contribution in [1.82, 2.24) is 0 Å². The Labute approximate surface area is 898 Å². The monoisotopic (exact) mass is 2240 g/mol. The molecule has 145 heavy (non-hydrogen) atoms. The Kier molecular flexibility index (Phi) is 48.4. The predicted molar refractivity (Wildman–Crippen MR) is 613 cm³/mol. The van der Waals surface area contributed by atoms with Crippen molar-refractivity contribution in [3.05, 3.63) is 279 Å². The molecule has 0 aliphatic carbocycles. The molecule has 0 radical (unpaired) electrons. The zero-order valence-corrected chi connectivity index (χ0v) is 92.8. The topological polar surface area (TPSA) is 204 Å². The van der Waals surface area contributed by atoms with Crippen LogP contribution in [0.1, 0.15) is 184 Å². The molecule has 0 amide bonds. The van der Waals surface area contributed by atoms with Gasteiger partial charge in [-0.1, -0.05) is 362 Å². The highest BCUT2D eigenvalue weighted by Gasteiger charge is 2.35. The summed E-state index contributed by atoms with van der Waals surface area (Å²) in [6.07, 6.45) is 25.4. The van der Waals surface area contributed by atoms with E-state index in [-0.39, 0.29) is 69.1 Å². The van der Waals surface area contributed by atoms with Crippen molar-refractivity contribution < 1.29 is 81.7 Å². The van der Waals surface area contributed by atoms with Crippen LogP contribution >= 0.6 is 75.3 Å². The van der Waals surface area contributed by atoms with Crippen molar-refractivity contribution in [2.24, 2.45) is 16.2 Å². The number of benzene rings is 14. The highest BCUT2D eigenvalue weighted by molar-refractivity contribution is 9.11. The molecule has 17 rings (SSSR count). The standard InChI is InChI=1S/C45H62B2O7.C35H42Br2O3.C23H19BrO3.C10H7BrO.C5H12O2.C3H5ClO/c1-6-7-8-9-10-11-12-13-14-15-24-48-43(29-49-41-22-18-35-25-39(20-16-37(35)27-41)46-51-31-44(2,3)32-52-46)30-50-42-23-19-36-26-40(21-17-38(36)28-42)47-53-33-45(4,5)34-54-47;1-2-3-4-5-6-7-8-9-10-11-20-38-35(25-39-33-18-14-27-21-31(36)16-12-29(27)23-33)26-40-34-19-15-28-22-32(37)17-13-30(28)24-34;24-20-8-5-19-13-23(10-7-18(19)11-20)27-15-21(25)14-26-22-9-6-16-3-1-2-4-17(16)12-22;11-9-3-1-8-6-10(12)4-2-7(8)5-9;1-5(2,3-6)4-7;4-1-3-2-5-3/h16-23,25-28,43H,6-15,24,29-34H2,1-5H3;12-19,21-24,35H,2-11,20,25-26H2,1H3;1-13,21,25H,14-15H2;1-6,12H;6-7H,3-4H2,1-2H3;3H,1-2H2. The van der Waals surface area contributed by atoms with Gasteiger partial charge in [0.2, 0.25) is 0 Å². The van der Waals surface area contributed by atoms with E-state index in [4.69, 9.17) is 83.1 Å². The molecule has 2 atom stereocenters. The predicted octanol–water partition coefficient (Wildman–Crippen LogP) is 30.1. The lowest BCUT2D eigenvalue weighted by molar-refractivity contribution is -0.00875. The van der Waals surface area contributed by atoms with Crippen molar-refractivity contribution in [3.8, 4) is 40.2 Å². The number of epoxide rings is 1. The van der Waals surface area contributed by atoms with Crippen LogP contribution in [0.15, 0.2) is 279 Å². The van der Waals surface area contributed by atoms with Crippen LogP contribution in [0.5, 0.6) is 40.2 Å². The SMILES string of the molecule is CC(C)(CO)CO.CCCCCCCCCCCCOC(COc1ccc2cc(B3OCC(C)(C)CO3)ccc2c1)COc1ccc2cc(B3OCC(C)(C)CO3)ccc2c1.CCCCCCCCCCCCOC(COc1ccc2cc(Br)ccc2c1)COc1ccc2cc(Br)ccc2c1.ClCC1CO1.OC(COc1ccc2ccccc2c1)COc1ccc2cc(Br)ccc2c1.Oc1ccc2cc(Br)ccc2c1. The quantitative estimate of drug-likeness (QED) is 0.0121. The van der Waals surface area contributed by atoms with Gasteiger partial charge in [0.15, 0.2) is 0 Å². The first-order valence-electron chi connectivity index (χ1n) is 51.8. The Balaban J connectivity index is 0.000000179. The molecule has 14 aromatic rings. The van der Waals surface area contributed by atoms with Gasteiger partial charge in [0.05, 0.1) is 31.8 Å². The third-order valence-corrected chi connectivity index (χ3v) is 27.6. The van der Waals surface area contributed by atoms with E-state index in [0.717, 1.165) is 154 Å². The van der Waals surface area contributed by atoms with Gasteiger partial charge < -0.3 is 81.7 Å². The summed E-state index contributed by atoms with van der Waals surface area (Å²) in [6.45, 7) is 23.9. The van der Waals surface area contributed by atoms with Gasteiger partial charge in [0.25, 0.3) is 0 Å². The first kappa shape index (κ1) is 115. The number of aromatic hydroxyl groups is 1. The molecule has 3 aliphatic heterocycles. The van der Waals surface area contributed by atoms with Crippen LogP contribution in [0.3, 0.4) is 0 Å². The van der Waals surface area contributed by atoms with Crippen LogP contribution < -0.4 is 39.3 Å². The number of aliphatic hydroxyl groups excluding tert-OH is 3. The molecule has 17 nitrogen and oxygen atoms in total. The molecule has 3 fully saturated rings. The minimum absolute atomic E-state index is 0.0395. The third kappa shape index (κ3) is 41.0. The van der Waals surface area contributed by atoms with Crippen molar-refractivity contribution in [1.29, 1.82) is 0 Å². The summed E-state index contributed by atoms with van der Waals surface area (Å²) in [5, 5.41) is 52.1. The van der Waals surface area contributed by atoms with E-state index in [1.165, 1.54) is 126 Å². The van der Waals surface area contributed by atoms with E-state index in [2.05, 4.69) is 239 Å². The largest absolute Gasteiger partial charge is 0.508 e. The van der Waals surface area contributed by atoms with Crippen LogP contribution in [0.2, 0.25) is 0 Å². The lowest BCUT2D eigenvalue weighted by atomic mass is 9.75. The lowest BCUT2D eigenvalue weighted by Crippen LogP contribution is -2.47. The van der Waals surface area contributed by atoms with Crippen molar-refractivity contribution >= 4 is 176 Å². The van der Waals surface area contributed by atoms with E-state index in [0.29, 0.717) is 77.2 Å². The van der Waals surface area contributed by atoms with E-state index < -0.39 is 6.10 Å². The number of phenols is 1. The van der Waals surface area contributed by atoms with Gasteiger partial charge in [-0.25, -0.2) is 0 Å². The molecule has 0 bridgehead atoms. The molecule has 774 valence electrons. The maximum absolute atomic E-state index is 10.2. The van der Waals surface area contributed by atoms with Crippen LogP contribution in [-0.4, -0.2) is 164 Å². The van der Waals surface area contributed by atoms with E-state index in [1.807, 2.05) is 115 Å². The highest BCUT2D eigenvalue weighted by Crippen LogP contribution is 2.34. The van der Waals surface area contributed by atoms with E-state index in [9.17, 15) is 10.2 Å². The second kappa shape index (κ2) is 60.9. The Bertz CT molecular complexity index is 5980. The fourth-order valence-electron chi connectivity index (χ4n) is 16.4. The zero-order valence-electron chi connectivity index (χ0n) is 85.7. The molecule has 3 saturated heterocycles. The summed E-state index contributed by atoms with van der Waals surface area (Å²) in [4.78, 5) is 0. The Hall–Kier alpha value is -8.56. The third-order valence-electron chi connectivity index (χ3n) is 25.3. The summed E-state index contributed by atoms with van der Waals surface area (Å²) in [6, 6.07) is 87.4. The van der Waals surface area contributed by atoms with Crippen molar-refractivity contribution in [2.75, 3.05) is 105 Å². The molecule has 14 aromatic carbocycles. The summed E-state index contributed by atoms with van der Waals surface area (Å²) < 4.78 is 82.4. The maximum Gasteiger partial charge on any atom is 0.493 e. The smallest absolute Gasteiger partial charge is 0.493 e. The van der Waals surface area contributed by atoms with Gasteiger partial charge >= 0.3 is 14.2 Å². The fraction of sp³-hybridized carbons (Fsp3) is 0.421. The van der Waals surface area contributed by atoms with Crippen LogP contribution in [0.4, 0.5) is 0 Å². The summed E-state index contributed by atoms with van der Waals surface area (Å²) in [5.74, 6) is 5.76. The Morgan fingerprint density at radius 3 is 0.890 bits per heavy atom. The molecule has 24 heteroatoms. The normalized spacial score (nSPS) is 14.4. The number of fused-ring (bicyclic) bond motifs is 7.